The summed E-state index contributed by atoms with van der Waals surface area (Å²) < 4.78 is 18.6. The van der Waals surface area contributed by atoms with E-state index in [1.807, 2.05) is 0 Å². The van der Waals surface area contributed by atoms with E-state index in [0.29, 0.717) is 10.6 Å². The predicted octanol–water partition coefficient (Wildman–Crippen LogP) is 2.41. The molecule has 0 aromatic heterocycles. The average Bonchev–Trinajstić information content (AvgIpc) is 2.69. The standard InChI is InChI=1S/C13H12FNO3S/c1-3-18-13(17)9-5-4-8(6-10(9)14)12-15-11(16)7(2)19-12/h4-7H,3H2,1-2H3. The van der Waals surface area contributed by atoms with Crippen molar-refractivity contribution in [3.63, 3.8) is 0 Å². The molecule has 2 rings (SSSR count). The summed E-state index contributed by atoms with van der Waals surface area (Å²) in [5.41, 5.74) is 0.377. The Kier molecular flexibility index (Phi) is 3.99. The first kappa shape index (κ1) is 13.7. The molecule has 1 heterocycles. The van der Waals surface area contributed by atoms with Crippen molar-refractivity contribution >= 4 is 28.7 Å². The molecule has 0 radical (unpaired) electrons. The zero-order valence-corrected chi connectivity index (χ0v) is 11.3. The highest BCUT2D eigenvalue weighted by Crippen LogP contribution is 2.27. The number of carbonyl (C=O) groups is 2. The van der Waals surface area contributed by atoms with Crippen LogP contribution in [0.15, 0.2) is 23.2 Å². The minimum absolute atomic E-state index is 0.117. The van der Waals surface area contributed by atoms with Gasteiger partial charge in [0.2, 0.25) is 0 Å². The monoisotopic (exact) mass is 281 g/mol. The highest BCUT2D eigenvalue weighted by atomic mass is 32.2. The maximum atomic E-state index is 13.8. The molecular weight excluding hydrogens is 269 g/mol. The zero-order valence-electron chi connectivity index (χ0n) is 10.5. The van der Waals surface area contributed by atoms with E-state index in [-0.39, 0.29) is 23.3 Å². The fourth-order valence-corrected chi connectivity index (χ4v) is 2.48. The van der Waals surface area contributed by atoms with Crippen LogP contribution in [0.3, 0.4) is 0 Å². The van der Waals surface area contributed by atoms with E-state index >= 15 is 0 Å². The van der Waals surface area contributed by atoms with Crippen LogP contribution >= 0.6 is 11.8 Å². The molecule has 0 saturated heterocycles. The minimum Gasteiger partial charge on any atom is -0.462 e. The summed E-state index contributed by atoms with van der Waals surface area (Å²) in [5, 5.41) is 0.231. The van der Waals surface area contributed by atoms with Crippen molar-refractivity contribution in [3.05, 3.63) is 35.1 Å². The van der Waals surface area contributed by atoms with Gasteiger partial charge in [0.25, 0.3) is 5.91 Å². The lowest BCUT2D eigenvalue weighted by Crippen LogP contribution is -2.08. The molecule has 0 saturated carbocycles. The molecule has 0 N–H and O–H groups in total. The summed E-state index contributed by atoms with van der Waals surface area (Å²) in [5.74, 6) is -1.60. The first-order valence-electron chi connectivity index (χ1n) is 5.79. The first-order chi connectivity index (χ1) is 9.02. The van der Waals surface area contributed by atoms with Gasteiger partial charge in [-0.1, -0.05) is 17.8 Å². The number of ether oxygens (including phenoxy) is 1. The van der Waals surface area contributed by atoms with E-state index in [0.717, 1.165) is 0 Å². The lowest BCUT2D eigenvalue weighted by Gasteiger charge is -2.05. The molecule has 4 nitrogen and oxygen atoms in total. The van der Waals surface area contributed by atoms with Crippen molar-refractivity contribution in [2.45, 2.75) is 19.1 Å². The fraction of sp³-hybridized carbons (Fsp3) is 0.308. The molecule has 1 amide bonds. The molecule has 0 fully saturated rings. The summed E-state index contributed by atoms with van der Waals surface area (Å²) in [7, 11) is 0. The molecule has 1 atom stereocenters. The van der Waals surface area contributed by atoms with Crippen LogP contribution in [0.1, 0.15) is 29.8 Å². The van der Waals surface area contributed by atoms with Gasteiger partial charge in [-0.3, -0.25) is 4.79 Å². The second-order valence-corrected chi connectivity index (χ2v) is 5.26. The van der Waals surface area contributed by atoms with Crippen molar-refractivity contribution in [2.24, 2.45) is 4.99 Å². The molecule has 1 aromatic carbocycles. The van der Waals surface area contributed by atoms with E-state index < -0.39 is 11.8 Å². The second-order valence-electron chi connectivity index (χ2n) is 3.93. The number of carbonyl (C=O) groups excluding carboxylic acids is 2. The van der Waals surface area contributed by atoms with Gasteiger partial charge in [0, 0.05) is 5.56 Å². The van der Waals surface area contributed by atoms with Crippen LogP contribution in [0.2, 0.25) is 0 Å². The SMILES string of the molecule is CCOC(=O)c1ccc(C2=NC(=O)C(C)S2)cc1F. The van der Waals surface area contributed by atoms with Gasteiger partial charge in [0.05, 0.1) is 17.4 Å². The Morgan fingerprint density at radius 1 is 1.53 bits per heavy atom. The number of hydrogen-bond acceptors (Lipinski definition) is 4. The van der Waals surface area contributed by atoms with Crippen molar-refractivity contribution in [3.8, 4) is 0 Å². The van der Waals surface area contributed by atoms with Gasteiger partial charge in [-0.05, 0) is 26.0 Å². The van der Waals surface area contributed by atoms with Crippen LogP contribution < -0.4 is 0 Å². The van der Waals surface area contributed by atoms with E-state index in [1.54, 1.807) is 19.9 Å². The largest absolute Gasteiger partial charge is 0.462 e. The summed E-state index contributed by atoms with van der Waals surface area (Å²) >= 11 is 1.28. The van der Waals surface area contributed by atoms with Gasteiger partial charge in [-0.15, -0.1) is 0 Å². The van der Waals surface area contributed by atoms with Crippen LogP contribution in [-0.4, -0.2) is 28.8 Å². The van der Waals surface area contributed by atoms with E-state index in [2.05, 4.69) is 4.99 Å². The number of rotatable bonds is 3. The minimum atomic E-state index is -0.697. The fourth-order valence-electron chi connectivity index (χ4n) is 1.59. The first-order valence-corrected chi connectivity index (χ1v) is 6.67. The quantitative estimate of drug-likeness (QED) is 0.798. The van der Waals surface area contributed by atoms with Crippen molar-refractivity contribution < 1.29 is 18.7 Å². The number of amides is 1. The molecule has 1 aliphatic heterocycles. The molecule has 0 aliphatic carbocycles. The summed E-state index contributed by atoms with van der Waals surface area (Å²) in [6, 6.07) is 4.11. The van der Waals surface area contributed by atoms with E-state index in [1.165, 1.54) is 23.9 Å². The van der Waals surface area contributed by atoms with Crippen LogP contribution in [0.25, 0.3) is 0 Å². The number of aliphatic imine (C=N–C) groups is 1. The Labute approximate surface area is 114 Å². The van der Waals surface area contributed by atoms with Crippen LogP contribution in [0.4, 0.5) is 4.39 Å². The number of nitrogens with zero attached hydrogens (tertiary/aromatic N) is 1. The van der Waals surface area contributed by atoms with Crippen molar-refractivity contribution in [1.29, 1.82) is 0 Å². The van der Waals surface area contributed by atoms with Gasteiger partial charge in [0.1, 0.15) is 10.9 Å². The van der Waals surface area contributed by atoms with Gasteiger partial charge in [0.15, 0.2) is 0 Å². The Morgan fingerprint density at radius 3 is 2.79 bits per heavy atom. The highest BCUT2D eigenvalue weighted by molar-refractivity contribution is 8.16. The molecule has 0 bridgehead atoms. The van der Waals surface area contributed by atoms with E-state index in [9.17, 15) is 14.0 Å². The number of halogens is 1. The summed E-state index contributed by atoms with van der Waals surface area (Å²) in [6.07, 6.45) is 0. The van der Waals surface area contributed by atoms with Gasteiger partial charge in [-0.2, -0.15) is 0 Å². The Bertz CT molecular complexity index is 571. The second kappa shape index (κ2) is 5.52. The van der Waals surface area contributed by atoms with E-state index in [4.69, 9.17) is 4.74 Å². The Morgan fingerprint density at radius 2 is 2.26 bits per heavy atom. The predicted molar refractivity (Wildman–Crippen MR) is 71.0 cm³/mol. The molecular formula is C13H12FNO3S. The normalized spacial score (nSPS) is 18.4. The molecule has 1 aliphatic rings. The number of benzene rings is 1. The summed E-state index contributed by atoms with van der Waals surface area (Å²) in [4.78, 5) is 26.6. The third kappa shape index (κ3) is 2.84. The lowest BCUT2D eigenvalue weighted by molar-refractivity contribution is -0.116. The molecule has 19 heavy (non-hydrogen) atoms. The highest BCUT2D eigenvalue weighted by Gasteiger charge is 2.25. The maximum Gasteiger partial charge on any atom is 0.341 e. The van der Waals surface area contributed by atoms with Crippen molar-refractivity contribution in [2.75, 3.05) is 6.61 Å². The van der Waals surface area contributed by atoms with Crippen molar-refractivity contribution in [1.82, 2.24) is 0 Å². The third-order valence-electron chi connectivity index (χ3n) is 2.56. The molecule has 1 unspecified atom stereocenters. The molecule has 1 aromatic rings. The van der Waals surface area contributed by atoms with Crippen LogP contribution in [0, 0.1) is 5.82 Å². The third-order valence-corrected chi connectivity index (χ3v) is 3.66. The zero-order chi connectivity index (χ0) is 14.0. The molecule has 100 valence electrons. The Balaban J connectivity index is 2.27. The smallest absolute Gasteiger partial charge is 0.341 e. The lowest BCUT2D eigenvalue weighted by atomic mass is 10.1. The molecule has 0 spiro atoms. The van der Waals surface area contributed by atoms with Gasteiger partial charge in [-0.25, -0.2) is 14.2 Å². The Hall–Kier alpha value is -1.69. The number of esters is 1. The van der Waals surface area contributed by atoms with Crippen LogP contribution in [0.5, 0.6) is 0 Å². The van der Waals surface area contributed by atoms with Gasteiger partial charge < -0.3 is 4.74 Å². The van der Waals surface area contributed by atoms with Crippen LogP contribution in [-0.2, 0) is 9.53 Å². The maximum absolute atomic E-state index is 13.8. The van der Waals surface area contributed by atoms with Gasteiger partial charge >= 0.3 is 5.97 Å². The molecule has 6 heteroatoms. The number of thioether (sulfide) groups is 1. The summed E-state index contributed by atoms with van der Waals surface area (Å²) in [6.45, 7) is 3.59. The topological polar surface area (TPSA) is 55.7 Å². The number of hydrogen-bond donors (Lipinski definition) is 0. The average molecular weight is 281 g/mol.